The molecular formula is C27H33N5O5S. The normalized spacial score (nSPS) is 11.7. The Morgan fingerprint density at radius 1 is 1.11 bits per heavy atom. The summed E-state index contributed by atoms with van der Waals surface area (Å²) in [6.45, 7) is 5.56. The second-order valence-electron chi connectivity index (χ2n) is 8.86. The van der Waals surface area contributed by atoms with Crippen molar-refractivity contribution in [3.8, 4) is 17.1 Å². The fourth-order valence-corrected chi connectivity index (χ4v) is 5.87. The first-order valence-electron chi connectivity index (χ1n) is 12.8. The number of anilines is 1. The number of fused-ring (bicyclic) bond motifs is 1. The number of nitrogens with one attached hydrogen (secondary N) is 1. The van der Waals surface area contributed by atoms with Gasteiger partial charge in [0.25, 0.3) is 15.6 Å². The van der Waals surface area contributed by atoms with E-state index in [9.17, 15) is 18.3 Å². The Kier molecular flexibility index (Phi) is 8.48. The number of aryl methyl sites for hydroxylation is 2. The number of ether oxygens (including phenoxy) is 1. The number of nitrogens with zero attached hydrogens (tertiary/aromatic N) is 4. The molecule has 2 aromatic heterocycles. The topological polar surface area (TPSA) is 130 Å². The van der Waals surface area contributed by atoms with Crippen molar-refractivity contribution in [3.63, 3.8) is 0 Å². The Morgan fingerprint density at radius 3 is 2.55 bits per heavy atom. The average Bonchev–Trinajstić information content (AvgIpc) is 3.23. The highest BCUT2D eigenvalue weighted by Crippen LogP contribution is 2.32. The number of aliphatic hydroxyl groups excluding tert-OH is 1. The van der Waals surface area contributed by atoms with Gasteiger partial charge in [0.05, 0.1) is 41.6 Å². The Balaban J connectivity index is 1.87. The molecule has 4 aromatic rings. The van der Waals surface area contributed by atoms with Crippen LogP contribution in [-0.4, -0.2) is 52.9 Å². The van der Waals surface area contributed by atoms with Crippen LogP contribution in [0.25, 0.3) is 16.9 Å². The third-order valence-electron chi connectivity index (χ3n) is 6.19. The Bertz CT molecular complexity index is 1560. The summed E-state index contributed by atoms with van der Waals surface area (Å²) in [6, 6.07) is 13.0. The number of rotatable bonds is 12. The number of hydrogen-bond donors (Lipinski definition) is 2. The van der Waals surface area contributed by atoms with Gasteiger partial charge in [-0.25, -0.2) is 17.9 Å². The lowest BCUT2D eigenvalue weighted by molar-refractivity contribution is 0.306. The first-order valence-corrected chi connectivity index (χ1v) is 14.2. The van der Waals surface area contributed by atoms with Gasteiger partial charge in [-0.1, -0.05) is 38.0 Å². The number of aromatic amines is 1. The summed E-state index contributed by atoms with van der Waals surface area (Å²) in [5.41, 5.74) is 1.33. The molecule has 2 heterocycles. The smallest absolute Gasteiger partial charge is 0.277 e. The van der Waals surface area contributed by atoms with Crippen molar-refractivity contribution < 1.29 is 18.3 Å². The lowest BCUT2D eigenvalue weighted by atomic mass is 10.2. The lowest BCUT2D eigenvalue weighted by Crippen LogP contribution is -2.33. The van der Waals surface area contributed by atoms with Crippen LogP contribution in [0.2, 0.25) is 0 Å². The summed E-state index contributed by atoms with van der Waals surface area (Å²) in [5.74, 6) is 1.23. The van der Waals surface area contributed by atoms with Gasteiger partial charge in [-0.05, 0) is 50.6 Å². The van der Waals surface area contributed by atoms with Crippen LogP contribution in [0.4, 0.5) is 5.69 Å². The number of H-pyrrole nitrogens is 1. The van der Waals surface area contributed by atoms with Gasteiger partial charge < -0.3 is 14.8 Å². The summed E-state index contributed by atoms with van der Waals surface area (Å²) in [6.07, 6.45) is 3.66. The van der Waals surface area contributed by atoms with E-state index >= 15 is 0 Å². The third-order valence-corrected chi connectivity index (χ3v) is 8.01. The number of imidazole rings is 1. The molecule has 0 aliphatic carbocycles. The average molecular weight is 540 g/mol. The van der Waals surface area contributed by atoms with Crippen LogP contribution in [0, 0.1) is 6.92 Å². The molecule has 4 rings (SSSR count). The van der Waals surface area contributed by atoms with Gasteiger partial charge in [0.15, 0.2) is 11.3 Å². The van der Waals surface area contributed by atoms with Gasteiger partial charge in [0, 0.05) is 6.42 Å². The first kappa shape index (κ1) is 27.3. The van der Waals surface area contributed by atoms with Crippen LogP contribution in [-0.2, 0) is 16.4 Å². The first-order chi connectivity index (χ1) is 18.3. The van der Waals surface area contributed by atoms with Gasteiger partial charge >= 0.3 is 0 Å². The van der Waals surface area contributed by atoms with Crippen molar-refractivity contribution in [2.45, 2.75) is 51.3 Å². The van der Waals surface area contributed by atoms with Crippen molar-refractivity contribution >= 4 is 21.2 Å². The highest BCUT2D eigenvalue weighted by molar-refractivity contribution is 7.92. The molecule has 0 fully saturated rings. The molecule has 0 bridgehead atoms. The zero-order valence-electron chi connectivity index (χ0n) is 21.8. The van der Waals surface area contributed by atoms with Crippen LogP contribution in [0.5, 0.6) is 5.75 Å². The van der Waals surface area contributed by atoms with Gasteiger partial charge in [0.1, 0.15) is 11.6 Å². The van der Waals surface area contributed by atoms with Crippen LogP contribution in [0.15, 0.2) is 58.2 Å². The summed E-state index contributed by atoms with van der Waals surface area (Å²) in [7, 11) is -4.07. The van der Waals surface area contributed by atoms with Gasteiger partial charge in [0.2, 0.25) is 0 Å². The fourth-order valence-electron chi connectivity index (χ4n) is 4.39. The summed E-state index contributed by atoms with van der Waals surface area (Å²) >= 11 is 0. The van der Waals surface area contributed by atoms with Crippen LogP contribution in [0.1, 0.15) is 44.6 Å². The van der Waals surface area contributed by atoms with E-state index in [1.54, 1.807) is 47.8 Å². The van der Waals surface area contributed by atoms with Crippen LogP contribution < -0.4 is 14.6 Å². The number of unbranched alkanes of at least 4 members (excludes halogenated alkanes) is 2. The van der Waals surface area contributed by atoms with E-state index in [2.05, 4.69) is 22.0 Å². The summed E-state index contributed by atoms with van der Waals surface area (Å²) < 4.78 is 35.9. The van der Waals surface area contributed by atoms with E-state index in [1.807, 2.05) is 6.92 Å². The summed E-state index contributed by atoms with van der Waals surface area (Å²) in [4.78, 5) is 20.5. The quantitative estimate of drug-likeness (QED) is 0.263. The number of sulfonamides is 1. The molecule has 0 aliphatic heterocycles. The van der Waals surface area contributed by atoms with E-state index in [0.717, 1.165) is 23.6 Å². The van der Waals surface area contributed by atoms with Crippen LogP contribution in [0.3, 0.4) is 0 Å². The largest absolute Gasteiger partial charge is 0.493 e. The molecule has 0 unspecified atom stereocenters. The molecule has 11 heteroatoms. The standard InChI is InChI=1S/C27H33N5O5S/c1-4-6-8-13-24-28-19(3)25-27(34)29-26(30-32(24)25)22-18-21(14-15-23(22)37-5-2)38(35,36)31(16-17-33)20-11-9-7-10-12-20/h7,9-12,14-15,18,33H,4-6,8,13,16-17H2,1-3H3,(H,29,30,34). The van der Waals surface area contributed by atoms with Crippen molar-refractivity contribution in [2.75, 3.05) is 24.1 Å². The molecule has 38 heavy (non-hydrogen) atoms. The molecular weight excluding hydrogens is 506 g/mol. The second kappa shape index (κ2) is 11.8. The van der Waals surface area contributed by atoms with Crippen molar-refractivity contribution in [3.05, 3.63) is 70.4 Å². The zero-order chi connectivity index (χ0) is 27.3. The number of benzene rings is 2. The monoisotopic (exact) mass is 539 g/mol. The van der Waals surface area contributed by atoms with E-state index in [0.29, 0.717) is 47.1 Å². The maximum Gasteiger partial charge on any atom is 0.277 e. The minimum Gasteiger partial charge on any atom is -0.493 e. The van der Waals surface area contributed by atoms with Crippen molar-refractivity contribution in [1.82, 2.24) is 19.6 Å². The van der Waals surface area contributed by atoms with Crippen molar-refractivity contribution in [1.29, 1.82) is 0 Å². The molecule has 0 saturated heterocycles. The number of aromatic nitrogens is 4. The molecule has 202 valence electrons. The minimum atomic E-state index is -4.07. The molecule has 0 aliphatic rings. The Hall–Kier alpha value is -3.70. The molecule has 0 saturated carbocycles. The van der Waals surface area contributed by atoms with E-state index in [1.165, 1.54) is 12.1 Å². The second-order valence-corrected chi connectivity index (χ2v) is 10.7. The van der Waals surface area contributed by atoms with Gasteiger partial charge in [-0.2, -0.15) is 0 Å². The molecule has 0 radical (unpaired) electrons. The highest BCUT2D eigenvalue weighted by Gasteiger charge is 2.27. The van der Waals surface area contributed by atoms with E-state index < -0.39 is 10.0 Å². The molecule has 0 spiro atoms. The van der Waals surface area contributed by atoms with Gasteiger partial charge in [-0.15, -0.1) is 5.10 Å². The number of hydrogen-bond acceptors (Lipinski definition) is 7. The predicted molar refractivity (Wildman–Crippen MR) is 146 cm³/mol. The molecule has 2 aromatic carbocycles. The lowest BCUT2D eigenvalue weighted by Gasteiger charge is -2.24. The zero-order valence-corrected chi connectivity index (χ0v) is 22.7. The van der Waals surface area contributed by atoms with Crippen LogP contribution >= 0.6 is 0 Å². The number of para-hydroxylation sites is 1. The fraction of sp³-hybridized carbons (Fsp3) is 0.370. The molecule has 0 atom stereocenters. The van der Waals surface area contributed by atoms with Gasteiger partial charge in [-0.3, -0.25) is 9.10 Å². The predicted octanol–water partition coefficient (Wildman–Crippen LogP) is 3.71. The molecule has 10 nitrogen and oxygen atoms in total. The SMILES string of the molecule is CCCCCc1nc(C)c2c(=O)[nH]c(-c3cc(S(=O)(=O)N(CCO)c4ccccc4)ccc3OCC)nn12. The van der Waals surface area contributed by atoms with E-state index in [4.69, 9.17) is 4.74 Å². The maximum absolute atomic E-state index is 13.7. The number of aliphatic hydroxyl groups is 1. The Labute approximate surface area is 222 Å². The van der Waals surface area contributed by atoms with Crippen molar-refractivity contribution in [2.24, 2.45) is 0 Å². The minimum absolute atomic E-state index is 0.0269. The van der Waals surface area contributed by atoms with E-state index in [-0.39, 0.29) is 29.4 Å². The Morgan fingerprint density at radius 2 is 1.87 bits per heavy atom. The molecule has 0 amide bonds. The third kappa shape index (κ3) is 5.44. The molecule has 2 N–H and O–H groups in total. The summed E-state index contributed by atoms with van der Waals surface area (Å²) in [5, 5.41) is 14.3. The maximum atomic E-state index is 13.7. The highest BCUT2D eigenvalue weighted by atomic mass is 32.2.